The average Bonchev–Trinajstić information content (AvgIpc) is 2.95. The Morgan fingerprint density at radius 2 is 1.85 bits per heavy atom. The molecule has 1 aromatic heterocycles. The van der Waals surface area contributed by atoms with Crippen molar-refractivity contribution in [1.29, 1.82) is 0 Å². The highest BCUT2D eigenvalue weighted by atomic mass is 16.5. The number of rotatable bonds is 7. The van der Waals surface area contributed by atoms with Gasteiger partial charge in [-0.2, -0.15) is 0 Å². The third-order valence-electron chi connectivity index (χ3n) is 7.86. The first-order chi connectivity index (χ1) is 19.3. The Labute approximate surface area is 237 Å². The van der Waals surface area contributed by atoms with Crippen LogP contribution in [-0.4, -0.2) is 60.5 Å². The van der Waals surface area contributed by atoms with Crippen LogP contribution in [-0.2, 0) is 16.0 Å². The molecule has 2 N–H and O–H groups in total. The number of pyridine rings is 1. The van der Waals surface area contributed by atoms with Crippen molar-refractivity contribution in [3.8, 4) is 11.1 Å². The third-order valence-corrected chi connectivity index (χ3v) is 7.86. The SMILES string of the molecule is CCOC1(C(C)(C)C)C=CC=CC1NC(=O)Nc1ccc(-c2ccc(CN3CCOCC3)nc2)c2ccccc12. The number of carbonyl (C=O) groups excluding carboxylic acids is 1. The van der Waals surface area contributed by atoms with Gasteiger partial charge in [0.25, 0.3) is 0 Å². The van der Waals surface area contributed by atoms with Gasteiger partial charge in [0.05, 0.1) is 30.6 Å². The highest BCUT2D eigenvalue weighted by Gasteiger charge is 2.47. The van der Waals surface area contributed by atoms with E-state index in [9.17, 15) is 4.79 Å². The summed E-state index contributed by atoms with van der Waals surface area (Å²) in [6.45, 7) is 13.2. The maximum absolute atomic E-state index is 13.3. The summed E-state index contributed by atoms with van der Waals surface area (Å²) in [5, 5.41) is 8.30. The van der Waals surface area contributed by atoms with Gasteiger partial charge in [-0.05, 0) is 41.5 Å². The lowest BCUT2D eigenvalue weighted by Crippen LogP contribution is -2.60. The van der Waals surface area contributed by atoms with Gasteiger partial charge in [-0.1, -0.05) is 75.4 Å². The fourth-order valence-corrected chi connectivity index (χ4v) is 5.71. The number of urea groups is 1. The molecule has 0 saturated carbocycles. The van der Waals surface area contributed by atoms with Gasteiger partial charge in [0.2, 0.25) is 0 Å². The second kappa shape index (κ2) is 11.9. The van der Waals surface area contributed by atoms with Crippen LogP contribution in [0.5, 0.6) is 0 Å². The van der Waals surface area contributed by atoms with Gasteiger partial charge in [0.15, 0.2) is 0 Å². The maximum Gasteiger partial charge on any atom is 0.319 e. The maximum atomic E-state index is 13.3. The lowest BCUT2D eigenvalue weighted by molar-refractivity contribution is -0.0886. The number of morpholine rings is 1. The van der Waals surface area contributed by atoms with Crippen LogP contribution < -0.4 is 10.6 Å². The monoisotopic (exact) mass is 540 g/mol. The van der Waals surface area contributed by atoms with E-state index in [4.69, 9.17) is 14.5 Å². The first-order valence-corrected chi connectivity index (χ1v) is 14.2. The van der Waals surface area contributed by atoms with Crippen LogP contribution >= 0.6 is 0 Å². The van der Waals surface area contributed by atoms with Crippen molar-refractivity contribution < 1.29 is 14.3 Å². The number of hydrogen-bond acceptors (Lipinski definition) is 5. The van der Waals surface area contributed by atoms with Gasteiger partial charge < -0.3 is 20.1 Å². The lowest BCUT2D eigenvalue weighted by atomic mass is 9.70. The number of ether oxygens (including phenoxy) is 2. The predicted molar refractivity (Wildman–Crippen MR) is 161 cm³/mol. The number of nitrogens with zero attached hydrogens (tertiary/aromatic N) is 2. The van der Waals surface area contributed by atoms with Crippen molar-refractivity contribution in [2.24, 2.45) is 5.41 Å². The number of carbonyl (C=O) groups is 1. The van der Waals surface area contributed by atoms with E-state index in [1.165, 1.54) is 0 Å². The van der Waals surface area contributed by atoms with E-state index in [0.29, 0.717) is 6.61 Å². The van der Waals surface area contributed by atoms with Crippen LogP contribution in [0.4, 0.5) is 10.5 Å². The van der Waals surface area contributed by atoms with Gasteiger partial charge in [0.1, 0.15) is 5.60 Å². The number of hydrogen-bond donors (Lipinski definition) is 2. The van der Waals surface area contributed by atoms with Gasteiger partial charge >= 0.3 is 6.03 Å². The molecule has 210 valence electrons. The van der Waals surface area contributed by atoms with E-state index in [1.807, 2.05) is 55.6 Å². The van der Waals surface area contributed by atoms with E-state index in [0.717, 1.165) is 66.1 Å². The summed E-state index contributed by atoms with van der Waals surface area (Å²) >= 11 is 0. The quantitative estimate of drug-likeness (QED) is 0.375. The topological polar surface area (TPSA) is 75.7 Å². The minimum absolute atomic E-state index is 0.234. The second-order valence-electron chi connectivity index (χ2n) is 11.4. The average molecular weight is 541 g/mol. The largest absolute Gasteiger partial charge is 0.379 e. The molecule has 0 bridgehead atoms. The molecular weight excluding hydrogens is 500 g/mol. The molecule has 2 atom stereocenters. The Bertz CT molecular complexity index is 1390. The lowest BCUT2D eigenvalue weighted by Gasteiger charge is -2.47. The summed E-state index contributed by atoms with van der Waals surface area (Å²) in [6.07, 6.45) is 9.95. The molecule has 1 fully saturated rings. The van der Waals surface area contributed by atoms with Crippen molar-refractivity contribution in [1.82, 2.24) is 15.2 Å². The molecule has 2 unspecified atom stereocenters. The van der Waals surface area contributed by atoms with E-state index in [-0.39, 0.29) is 17.5 Å². The van der Waals surface area contributed by atoms with Gasteiger partial charge in [0, 0.05) is 43.4 Å². The summed E-state index contributed by atoms with van der Waals surface area (Å²) < 4.78 is 11.7. The zero-order valence-electron chi connectivity index (χ0n) is 23.9. The molecule has 0 radical (unpaired) electrons. The highest BCUT2D eigenvalue weighted by Crippen LogP contribution is 2.40. The molecule has 7 heteroatoms. The Hall–Kier alpha value is -3.52. The van der Waals surface area contributed by atoms with Crippen LogP contribution in [0.15, 0.2) is 79.0 Å². The van der Waals surface area contributed by atoms with E-state index in [1.54, 1.807) is 0 Å². The number of anilines is 1. The molecule has 0 spiro atoms. The molecule has 3 aromatic rings. The van der Waals surface area contributed by atoms with Crippen molar-refractivity contribution in [2.75, 3.05) is 38.2 Å². The Balaban J connectivity index is 1.35. The first kappa shape index (κ1) is 28.0. The van der Waals surface area contributed by atoms with Gasteiger partial charge in [-0.3, -0.25) is 9.88 Å². The van der Waals surface area contributed by atoms with Crippen molar-refractivity contribution >= 4 is 22.5 Å². The Kier molecular flexibility index (Phi) is 8.35. The Morgan fingerprint density at radius 1 is 1.07 bits per heavy atom. The molecule has 7 nitrogen and oxygen atoms in total. The predicted octanol–water partition coefficient (Wildman–Crippen LogP) is 6.17. The van der Waals surface area contributed by atoms with E-state index < -0.39 is 5.60 Å². The molecule has 2 aliphatic rings. The third kappa shape index (κ3) is 5.82. The number of allylic oxidation sites excluding steroid dienone is 2. The van der Waals surface area contributed by atoms with Crippen molar-refractivity contribution in [3.05, 3.63) is 84.7 Å². The summed E-state index contributed by atoms with van der Waals surface area (Å²) in [4.78, 5) is 20.5. The first-order valence-electron chi connectivity index (χ1n) is 14.2. The van der Waals surface area contributed by atoms with Gasteiger partial charge in [-0.25, -0.2) is 4.79 Å². The van der Waals surface area contributed by atoms with Crippen molar-refractivity contribution in [2.45, 2.75) is 45.9 Å². The van der Waals surface area contributed by atoms with Crippen molar-refractivity contribution in [3.63, 3.8) is 0 Å². The minimum atomic E-state index is -0.652. The summed E-state index contributed by atoms with van der Waals surface area (Å²) in [5.41, 5.74) is 3.04. The summed E-state index contributed by atoms with van der Waals surface area (Å²) in [7, 11) is 0. The zero-order valence-corrected chi connectivity index (χ0v) is 23.9. The Morgan fingerprint density at radius 3 is 2.55 bits per heavy atom. The normalized spacial score (nSPS) is 21.4. The van der Waals surface area contributed by atoms with E-state index >= 15 is 0 Å². The molecule has 2 aromatic carbocycles. The molecule has 1 aliphatic heterocycles. The van der Waals surface area contributed by atoms with Crippen LogP contribution in [0.2, 0.25) is 0 Å². The minimum Gasteiger partial charge on any atom is -0.379 e. The zero-order chi connectivity index (χ0) is 28.2. The van der Waals surface area contributed by atoms with Gasteiger partial charge in [-0.15, -0.1) is 0 Å². The number of fused-ring (bicyclic) bond motifs is 1. The molecule has 1 saturated heterocycles. The molecule has 2 amide bonds. The van der Waals surface area contributed by atoms with Crippen LogP contribution in [0.3, 0.4) is 0 Å². The van der Waals surface area contributed by atoms with Crippen LogP contribution in [0.25, 0.3) is 21.9 Å². The molecule has 5 rings (SSSR count). The molecule has 40 heavy (non-hydrogen) atoms. The number of amides is 2. The van der Waals surface area contributed by atoms with Crippen LogP contribution in [0, 0.1) is 5.41 Å². The standard InChI is InChI=1S/C33H40N4O3/c1-5-40-33(32(2,3)4)17-9-8-12-30(33)36-31(38)35-29-16-15-26(27-10-6-7-11-28(27)29)24-13-14-25(34-22-24)23-37-18-20-39-21-19-37/h6-17,22,30H,5,18-21,23H2,1-4H3,(H2,35,36,38). The fourth-order valence-electron chi connectivity index (χ4n) is 5.71. The molecular formula is C33H40N4O3. The van der Waals surface area contributed by atoms with E-state index in [2.05, 4.69) is 66.6 Å². The number of nitrogens with one attached hydrogen (secondary N) is 2. The number of aromatic nitrogens is 1. The molecule has 2 heterocycles. The second-order valence-corrected chi connectivity index (χ2v) is 11.4. The number of benzene rings is 2. The summed E-state index contributed by atoms with van der Waals surface area (Å²) in [6, 6.07) is 15.8. The highest BCUT2D eigenvalue weighted by molar-refractivity contribution is 6.07. The van der Waals surface area contributed by atoms with Crippen LogP contribution in [0.1, 0.15) is 33.4 Å². The summed E-state index contributed by atoms with van der Waals surface area (Å²) in [5.74, 6) is 0. The smallest absolute Gasteiger partial charge is 0.319 e. The fraction of sp³-hybridized carbons (Fsp3) is 0.394. The molecule has 1 aliphatic carbocycles.